The van der Waals surface area contributed by atoms with Gasteiger partial charge in [0.1, 0.15) is 0 Å². The van der Waals surface area contributed by atoms with Gasteiger partial charge in [-0.1, -0.05) is 11.6 Å². The minimum Gasteiger partial charge on any atom is -0.453 e. The summed E-state index contributed by atoms with van der Waals surface area (Å²) in [6.45, 7) is 1.61. The molecule has 6 nitrogen and oxygen atoms in total. The van der Waals surface area contributed by atoms with Crippen LogP contribution in [0, 0.1) is 0 Å². The lowest BCUT2D eigenvalue weighted by atomic mass is 10.2. The number of nitrogens with one attached hydrogen (secondary N) is 1. The Bertz CT molecular complexity index is 223. The highest BCUT2D eigenvalue weighted by Crippen LogP contribution is 2.01. The van der Waals surface area contributed by atoms with Gasteiger partial charge >= 0.3 is 12.1 Å². The first-order chi connectivity index (χ1) is 7.06. The first-order valence-electron chi connectivity index (χ1n) is 4.16. The highest BCUT2D eigenvalue weighted by molar-refractivity contribution is 6.17. The molecule has 0 radical (unpaired) electrons. The largest absolute Gasteiger partial charge is 0.453 e. The lowest BCUT2D eigenvalue weighted by Crippen LogP contribution is -2.49. The van der Waals surface area contributed by atoms with Crippen molar-refractivity contribution in [2.24, 2.45) is 0 Å². The summed E-state index contributed by atoms with van der Waals surface area (Å²) in [6.07, 6.45) is -1.28. The lowest BCUT2D eigenvalue weighted by molar-refractivity contribution is -0.147. The smallest absolute Gasteiger partial charge is 0.407 e. The van der Waals surface area contributed by atoms with E-state index in [0.717, 1.165) is 0 Å². The maximum Gasteiger partial charge on any atom is 0.407 e. The van der Waals surface area contributed by atoms with Crippen LogP contribution >= 0.6 is 11.6 Å². The fourth-order valence-corrected chi connectivity index (χ4v) is 0.941. The van der Waals surface area contributed by atoms with Gasteiger partial charge in [0.2, 0.25) is 0 Å². The van der Waals surface area contributed by atoms with E-state index in [9.17, 15) is 9.59 Å². The van der Waals surface area contributed by atoms with E-state index in [1.165, 1.54) is 14.2 Å². The summed E-state index contributed by atoms with van der Waals surface area (Å²) in [5.74, 6) is -0.676. The van der Waals surface area contributed by atoms with Crippen LogP contribution in [0.2, 0.25) is 0 Å². The molecule has 0 aliphatic heterocycles. The van der Waals surface area contributed by atoms with E-state index in [0.29, 0.717) is 0 Å². The fourth-order valence-electron chi connectivity index (χ4n) is 0.833. The van der Waals surface area contributed by atoms with E-state index in [4.69, 9.17) is 16.3 Å². The van der Waals surface area contributed by atoms with Crippen LogP contribution in [0.5, 0.6) is 0 Å². The summed E-state index contributed by atoms with van der Waals surface area (Å²) in [6, 6.07) is -1.23. The number of ether oxygens (including phenoxy) is 3. The van der Waals surface area contributed by atoms with Crippen LogP contribution < -0.4 is 5.32 Å². The summed E-state index contributed by atoms with van der Waals surface area (Å²) in [5.41, 5.74) is 0. The van der Waals surface area contributed by atoms with Crippen molar-refractivity contribution in [3.8, 4) is 0 Å². The van der Waals surface area contributed by atoms with Gasteiger partial charge in [-0.25, -0.2) is 9.59 Å². The Morgan fingerprint density at radius 1 is 1.40 bits per heavy atom. The quantitative estimate of drug-likeness (QED) is 0.558. The average Bonchev–Trinajstić information content (AvgIpc) is 2.24. The van der Waals surface area contributed by atoms with Crippen molar-refractivity contribution in [2.45, 2.75) is 19.1 Å². The Hall–Kier alpha value is -1.01. The summed E-state index contributed by atoms with van der Waals surface area (Å²) in [5, 5.41) is 2.28. The Morgan fingerprint density at radius 3 is 2.40 bits per heavy atom. The zero-order valence-corrected chi connectivity index (χ0v) is 9.54. The number of hydrogen-bond donors (Lipinski definition) is 1. The molecule has 0 aliphatic carbocycles. The number of hydrogen-bond acceptors (Lipinski definition) is 5. The zero-order valence-electron chi connectivity index (χ0n) is 8.78. The average molecular weight is 240 g/mol. The predicted molar refractivity (Wildman–Crippen MR) is 52.6 cm³/mol. The third kappa shape index (κ3) is 4.85. The first kappa shape index (κ1) is 14.0. The number of carbonyl (C=O) groups is 2. The van der Waals surface area contributed by atoms with Crippen molar-refractivity contribution in [2.75, 3.05) is 20.3 Å². The van der Waals surface area contributed by atoms with E-state index in [-0.39, 0.29) is 6.07 Å². The highest BCUT2D eigenvalue weighted by atomic mass is 35.5. The molecule has 0 saturated heterocycles. The van der Waals surface area contributed by atoms with Gasteiger partial charge < -0.3 is 19.5 Å². The van der Waals surface area contributed by atoms with E-state index in [2.05, 4.69) is 14.8 Å². The van der Waals surface area contributed by atoms with Gasteiger partial charge in [0.05, 0.1) is 13.2 Å². The fraction of sp³-hybridized carbons (Fsp3) is 0.750. The summed E-state index contributed by atoms with van der Waals surface area (Å²) in [7, 11) is 2.60. The second kappa shape index (κ2) is 7.30. The summed E-state index contributed by atoms with van der Waals surface area (Å²) >= 11 is 5.23. The molecule has 2 atom stereocenters. The molecule has 0 saturated carbocycles. The van der Waals surface area contributed by atoms with E-state index < -0.39 is 24.2 Å². The van der Waals surface area contributed by atoms with Crippen LogP contribution in [0.1, 0.15) is 6.92 Å². The van der Waals surface area contributed by atoms with Gasteiger partial charge in [0, 0.05) is 7.11 Å². The van der Waals surface area contributed by atoms with E-state index >= 15 is 0 Å². The molecule has 0 spiro atoms. The number of esters is 1. The Morgan fingerprint density at radius 2 is 2.00 bits per heavy atom. The number of carbonyl (C=O) groups excluding carboxylic acids is 2. The molecule has 0 bridgehead atoms. The van der Waals surface area contributed by atoms with E-state index in [1.54, 1.807) is 6.92 Å². The number of amides is 1. The molecule has 1 unspecified atom stereocenters. The molecule has 15 heavy (non-hydrogen) atoms. The third-order valence-corrected chi connectivity index (χ3v) is 1.86. The molecule has 0 aromatic carbocycles. The van der Waals surface area contributed by atoms with Crippen LogP contribution in [0.25, 0.3) is 0 Å². The predicted octanol–water partition coefficient (Wildman–Crippen LogP) is 0.485. The molecule has 0 rings (SSSR count). The molecule has 0 heterocycles. The first-order valence-corrected chi connectivity index (χ1v) is 4.70. The van der Waals surface area contributed by atoms with Gasteiger partial charge in [0.15, 0.2) is 12.1 Å². The van der Waals surface area contributed by atoms with Crippen LogP contribution in [0.3, 0.4) is 0 Å². The molecule has 7 heteroatoms. The van der Waals surface area contributed by atoms with E-state index in [1.807, 2.05) is 0 Å². The van der Waals surface area contributed by atoms with Crippen LogP contribution in [0.15, 0.2) is 0 Å². The zero-order chi connectivity index (χ0) is 11.8. The second-order valence-corrected chi connectivity index (χ2v) is 2.85. The number of methoxy groups -OCH3 is 2. The maximum atomic E-state index is 11.3. The summed E-state index contributed by atoms with van der Waals surface area (Å²) in [4.78, 5) is 22.3. The van der Waals surface area contributed by atoms with Crippen molar-refractivity contribution in [3.05, 3.63) is 0 Å². The maximum absolute atomic E-state index is 11.3. The van der Waals surface area contributed by atoms with Gasteiger partial charge in [-0.2, -0.15) is 0 Å². The van der Waals surface area contributed by atoms with Crippen molar-refractivity contribution in [3.63, 3.8) is 0 Å². The standard InChI is InChI=1S/C8H14ClNO5/c1-5(13-2)6(7(11)15-4-9)10-8(12)14-3/h5-6H,4H2,1-3H3,(H,10,12)/t5?,6-/m0/s1. The van der Waals surface area contributed by atoms with Crippen molar-refractivity contribution < 1.29 is 23.8 Å². The monoisotopic (exact) mass is 239 g/mol. The number of alkyl carbamates (subject to hydrolysis) is 1. The Labute approximate surface area is 92.8 Å². The highest BCUT2D eigenvalue weighted by Gasteiger charge is 2.28. The van der Waals surface area contributed by atoms with Crippen LogP contribution in [-0.2, 0) is 19.0 Å². The van der Waals surface area contributed by atoms with Gasteiger partial charge in [-0.15, -0.1) is 0 Å². The normalized spacial score (nSPS) is 13.9. The number of alkyl halides is 1. The SMILES string of the molecule is COC(=O)N[C@H](C(=O)OCCl)C(C)OC. The van der Waals surface area contributed by atoms with Crippen LogP contribution in [-0.4, -0.2) is 44.5 Å². The summed E-state index contributed by atoms with van der Waals surface area (Å²) < 4.78 is 13.8. The topological polar surface area (TPSA) is 73.9 Å². The molecule has 1 N–H and O–H groups in total. The lowest BCUT2D eigenvalue weighted by Gasteiger charge is -2.21. The van der Waals surface area contributed by atoms with Crippen molar-refractivity contribution in [1.82, 2.24) is 5.32 Å². The second-order valence-electron chi connectivity index (χ2n) is 2.63. The minimum atomic E-state index is -0.943. The molecule has 0 aromatic heterocycles. The minimum absolute atomic E-state index is 0.283. The molecular weight excluding hydrogens is 226 g/mol. The third-order valence-electron chi connectivity index (χ3n) is 1.75. The molecule has 0 aromatic rings. The molecular formula is C8H14ClNO5. The van der Waals surface area contributed by atoms with Crippen molar-refractivity contribution in [1.29, 1.82) is 0 Å². The molecule has 0 aliphatic rings. The van der Waals surface area contributed by atoms with Crippen molar-refractivity contribution >= 4 is 23.7 Å². The van der Waals surface area contributed by atoms with Gasteiger partial charge in [-0.3, -0.25) is 0 Å². The Kier molecular flexibility index (Phi) is 6.81. The molecule has 0 fully saturated rings. The van der Waals surface area contributed by atoms with Gasteiger partial charge in [-0.05, 0) is 6.92 Å². The number of halogens is 1. The number of rotatable bonds is 5. The molecule has 1 amide bonds. The Balaban J connectivity index is 4.43. The van der Waals surface area contributed by atoms with Gasteiger partial charge in [0.25, 0.3) is 0 Å². The molecule has 88 valence electrons. The van der Waals surface area contributed by atoms with Crippen LogP contribution in [0.4, 0.5) is 4.79 Å².